The van der Waals surface area contributed by atoms with Gasteiger partial charge in [0.2, 0.25) is 0 Å². The van der Waals surface area contributed by atoms with Crippen molar-refractivity contribution < 1.29 is 18.2 Å². The fourth-order valence-corrected chi connectivity index (χ4v) is 1.02. The van der Waals surface area contributed by atoms with Gasteiger partial charge in [-0.3, -0.25) is 4.98 Å². The first-order valence-electron chi connectivity index (χ1n) is 3.16. The number of aromatic nitrogens is 1. The third-order valence-corrected chi connectivity index (χ3v) is 1.72. The zero-order chi connectivity index (χ0) is 10.1. The fourth-order valence-electron chi connectivity index (χ4n) is 0.756. The summed E-state index contributed by atoms with van der Waals surface area (Å²) in [5.41, 5.74) is -1.30. The van der Waals surface area contributed by atoms with Crippen molar-refractivity contribution >= 4 is 24.5 Å². The number of halogens is 4. The summed E-state index contributed by atoms with van der Waals surface area (Å²) in [5.74, 6) is 0. The standard InChI is InChI=1S/C6H3BClF3NO/c8-4-3(7-13)1-2-12-5(4)6(9,10)11/h1-2,13H. The first kappa shape index (κ1) is 10.3. The van der Waals surface area contributed by atoms with Gasteiger partial charge in [-0.2, -0.15) is 13.2 Å². The van der Waals surface area contributed by atoms with Crippen LogP contribution < -0.4 is 5.46 Å². The van der Waals surface area contributed by atoms with Crippen molar-refractivity contribution in [3.8, 4) is 0 Å². The van der Waals surface area contributed by atoms with Crippen molar-refractivity contribution in [3.63, 3.8) is 0 Å². The van der Waals surface area contributed by atoms with Gasteiger partial charge in [0.25, 0.3) is 0 Å². The molecular weight excluding hydrogens is 205 g/mol. The highest BCUT2D eigenvalue weighted by atomic mass is 35.5. The number of hydrogen-bond acceptors (Lipinski definition) is 2. The van der Waals surface area contributed by atoms with Gasteiger partial charge < -0.3 is 5.02 Å². The van der Waals surface area contributed by atoms with Crippen molar-refractivity contribution in [3.05, 3.63) is 23.0 Å². The lowest BCUT2D eigenvalue weighted by Gasteiger charge is -2.08. The molecule has 0 aliphatic heterocycles. The summed E-state index contributed by atoms with van der Waals surface area (Å²) in [6.07, 6.45) is -3.67. The SMILES string of the molecule is O[B]c1ccnc(C(F)(F)F)c1Cl. The molecule has 0 fully saturated rings. The largest absolute Gasteiger partial charge is 0.450 e. The minimum atomic E-state index is -4.60. The first-order chi connectivity index (χ1) is 5.96. The van der Waals surface area contributed by atoms with Crippen molar-refractivity contribution in [2.75, 3.05) is 0 Å². The molecule has 69 valence electrons. The summed E-state index contributed by atoms with van der Waals surface area (Å²) in [5, 5.41) is 7.90. The zero-order valence-electron chi connectivity index (χ0n) is 6.14. The Balaban J connectivity index is 3.24. The number of rotatable bonds is 1. The molecular formula is C6H3BClF3NO. The molecule has 0 spiro atoms. The smallest absolute Gasteiger partial charge is 0.434 e. The van der Waals surface area contributed by atoms with Crippen LogP contribution in [0.15, 0.2) is 12.3 Å². The second-order valence-electron chi connectivity index (χ2n) is 2.19. The molecule has 0 amide bonds. The number of alkyl halides is 3. The van der Waals surface area contributed by atoms with Crippen LogP contribution in [-0.4, -0.2) is 17.5 Å². The molecule has 1 aromatic heterocycles. The predicted octanol–water partition coefficient (Wildman–Crippen LogP) is 0.991. The van der Waals surface area contributed by atoms with Crippen LogP contribution in [0.5, 0.6) is 0 Å². The van der Waals surface area contributed by atoms with E-state index in [1.165, 1.54) is 6.07 Å². The Bertz CT molecular complexity index is 317. The Kier molecular flexibility index (Phi) is 2.82. The topological polar surface area (TPSA) is 33.1 Å². The van der Waals surface area contributed by atoms with Gasteiger partial charge in [-0.15, -0.1) is 0 Å². The van der Waals surface area contributed by atoms with Crippen molar-refractivity contribution in [2.24, 2.45) is 0 Å². The van der Waals surface area contributed by atoms with E-state index in [0.29, 0.717) is 7.48 Å². The Labute approximate surface area is 77.6 Å². The average molecular weight is 208 g/mol. The predicted molar refractivity (Wildman–Crippen MR) is 41.9 cm³/mol. The van der Waals surface area contributed by atoms with Gasteiger partial charge in [0.1, 0.15) is 0 Å². The third kappa shape index (κ3) is 2.13. The lowest BCUT2D eigenvalue weighted by Crippen LogP contribution is -2.20. The number of hydrogen-bond donors (Lipinski definition) is 1. The summed E-state index contributed by atoms with van der Waals surface area (Å²) in [7, 11) is 0.499. The van der Waals surface area contributed by atoms with E-state index in [1.54, 1.807) is 0 Å². The van der Waals surface area contributed by atoms with Gasteiger partial charge in [-0.05, 0) is 11.5 Å². The maximum absolute atomic E-state index is 12.1. The van der Waals surface area contributed by atoms with Gasteiger partial charge >= 0.3 is 13.7 Å². The maximum Gasteiger partial charge on any atom is 0.434 e. The lowest BCUT2D eigenvalue weighted by molar-refractivity contribution is -0.141. The molecule has 1 N–H and O–H groups in total. The molecule has 0 saturated carbocycles. The van der Waals surface area contributed by atoms with E-state index in [1.807, 2.05) is 0 Å². The van der Waals surface area contributed by atoms with Crippen LogP contribution in [0.25, 0.3) is 0 Å². The number of nitrogens with zero attached hydrogens (tertiary/aromatic N) is 1. The second kappa shape index (κ2) is 3.55. The lowest BCUT2D eigenvalue weighted by atomic mass is 9.89. The van der Waals surface area contributed by atoms with E-state index >= 15 is 0 Å². The van der Waals surface area contributed by atoms with Crippen LogP contribution >= 0.6 is 11.6 Å². The van der Waals surface area contributed by atoms with Gasteiger partial charge in [0, 0.05) is 6.20 Å². The molecule has 13 heavy (non-hydrogen) atoms. The molecule has 0 bridgehead atoms. The fraction of sp³-hybridized carbons (Fsp3) is 0.167. The Morgan fingerprint density at radius 3 is 2.54 bits per heavy atom. The van der Waals surface area contributed by atoms with E-state index in [0.717, 1.165) is 6.20 Å². The highest BCUT2D eigenvalue weighted by Gasteiger charge is 2.35. The monoisotopic (exact) mass is 208 g/mol. The molecule has 0 saturated heterocycles. The van der Waals surface area contributed by atoms with E-state index in [2.05, 4.69) is 4.98 Å². The van der Waals surface area contributed by atoms with Gasteiger partial charge in [-0.1, -0.05) is 11.6 Å². The van der Waals surface area contributed by atoms with Crippen LogP contribution in [0, 0.1) is 0 Å². The quantitative estimate of drug-likeness (QED) is 0.698. The maximum atomic E-state index is 12.1. The van der Waals surface area contributed by atoms with Gasteiger partial charge in [0.15, 0.2) is 5.69 Å². The summed E-state index contributed by atoms with van der Waals surface area (Å²) < 4.78 is 36.4. The first-order valence-corrected chi connectivity index (χ1v) is 3.53. The highest BCUT2D eigenvalue weighted by Crippen LogP contribution is 2.31. The highest BCUT2D eigenvalue weighted by molar-refractivity contribution is 6.52. The minimum absolute atomic E-state index is 0.107. The summed E-state index contributed by atoms with van der Waals surface area (Å²) in [6, 6.07) is 1.18. The minimum Gasteiger partial charge on any atom is -0.450 e. The van der Waals surface area contributed by atoms with Crippen molar-refractivity contribution in [1.82, 2.24) is 4.98 Å². The van der Waals surface area contributed by atoms with Crippen LogP contribution in [-0.2, 0) is 6.18 Å². The molecule has 1 heterocycles. The second-order valence-corrected chi connectivity index (χ2v) is 2.57. The summed E-state index contributed by atoms with van der Waals surface area (Å²) in [4.78, 5) is 3.07. The van der Waals surface area contributed by atoms with E-state index in [-0.39, 0.29) is 5.46 Å². The molecule has 1 radical (unpaired) electrons. The molecule has 0 aliphatic rings. The molecule has 0 aromatic carbocycles. The van der Waals surface area contributed by atoms with Gasteiger partial charge in [0.05, 0.1) is 5.02 Å². The molecule has 1 rings (SSSR count). The van der Waals surface area contributed by atoms with Crippen LogP contribution in [0.3, 0.4) is 0 Å². The van der Waals surface area contributed by atoms with Crippen LogP contribution in [0.1, 0.15) is 5.69 Å². The summed E-state index contributed by atoms with van der Waals surface area (Å²) in [6.45, 7) is 0. The molecule has 0 unspecified atom stereocenters. The van der Waals surface area contributed by atoms with Crippen LogP contribution in [0.4, 0.5) is 13.2 Å². The summed E-state index contributed by atoms with van der Waals surface area (Å²) >= 11 is 5.32. The molecule has 0 atom stereocenters. The normalized spacial score (nSPS) is 11.5. The van der Waals surface area contributed by atoms with E-state index < -0.39 is 16.9 Å². The molecule has 2 nitrogen and oxygen atoms in total. The van der Waals surface area contributed by atoms with Gasteiger partial charge in [-0.25, -0.2) is 0 Å². The van der Waals surface area contributed by atoms with E-state index in [9.17, 15) is 13.2 Å². The Morgan fingerprint density at radius 1 is 1.46 bits per heavy atom. The average Bonchev–Trinajstić information content (AvgIpc) is 2.02. The van der Waals surface area contributed by atoms with Crippen molar-refractivity contribution in [2.45, 2.75) is 6.18 Å². The Morgan fingerprint density at radius 2 is 2.08 bits per heavy atom. The molecule has 0 aliphatic carbocycles. The van der Waals surface area contributed by atoms with Crippen LogP contribution in [0.2, 0.25) is 5.02 Å². The third-order valence-electron chi connectivity index (χ3n) is 1.33. The molecule has 7 heteroatoms. The zero-order valence-corrected chi connectivity index (χ0v) is 6.89. The molecule has 1 aromatic rings. The van der Waals surface area contributed by atoms with E-state index in [4.69, 9.17) is 16.6 Å². The number of pyridine rings is 1. The van der Waals surface area contributed by atoms with Crippen molar-refractivity contribution in [1.29, 1.82) is 0 Å². The Hall–Kier alpha value is -0.745.